The Hall–Kier alpha value is -3.33. The Morgan fingerprint density at radius 3 is 2.18 bits per heavy atom. The third-order valence-corrected chi connectivity index (χ3v) is 5.14. The molecule has 3 nitrogen and oxygen atoms in total. The molecule has 3 heteroatoms. The minimum atomic E-state index is -0.484. The van der Waals surface area contributed by atoms with E-state index in [1.165, 1.54) is 0 Å². The molecule has 4 rings (SSSR count). The lowest BCUT2D eigenvalue weighted by Gasteiger charge is -2.19. The van der Waals surface area contributed by atoms with Crippen LogP contribution in [-0.2, 0) is 16.6 Å². The summed E-state index contributed by atoms with van der Waals surface area (Å²) in [6.45, 7) is 2.20. The first kappa shape index (κ1) is 18.1. The Bertz CT molecular complexity index is 1100. The largest absolute Gasteiger partial charge is 0.465 e. The summed E-state index contributed by atoms with van der Waals surface area (Å²) in [7, 11) is 2.06. The van der Waals surface area contributed by atoms with Gasteiger partial charge in [-0.05, 0) is 24.1 Å². The van der Waals surface area contributed by atoms with E-state index in [0.29, 0.717) is 6.61 Å². The zero-order chi connectivity index (χ0) is 19.5. The average molecular weight is 369 g/mol. The summed E-state index contributed by atoms with van der Waals surface area (Å²) in [6, 6.07) is 28.4. The molecule has 0 aliphatic rings. The molecule has 0 aliphatic heterocycles. The number of benzene rings is 3. The first-order chi connectivity index (χ1) is 13.7. The Morgan fingerprint density at radius 1 is 0.893 bits per heavy atom. The number of esters is 1. The van der Waals surface area contributed by atoms with Crippen LogP contribution >= 0.6 is 0 Å². The van der Waals surface area contributed by atoms with E-state index in [1.54, 1.807) is 0 Å². The van der Waals surface area contributed by atoms with Gasteiger partial charge in [-0.25, -0.2) is 0 Å². The maximum Gasteiger partial charge on any atom is 0.318 e. The van der Waals surface area contributed by atoms with Crippen molar-refractivity contribution in [1.82, 2.24) is 4.57 Å². The normalized spacial score (nSPS) is 12.1. The molecular formula is C25H23NO2. The molecule has 4 aromatic rings. The van der Waals surface area contributed by atoms with Crippen molar-refractivity contribution in [2.24, 2.45) is 7.05 Å². The molecule has 0 N–H and O–H groups in total. The predicted octanol–water partition coefficient (Wildman–Crippen LogP) is 5.54. The van der Waals surface area contributed by atoms with E-state index in [4.69, 9.17) is 4.74 Å². The number of carbonyl (C=O) groups is 1. The van der Waals surface area contributed by atoms with Crippen molar-refractivity contribution in [2.75, 3.05) is 6.61 Å². The van der Waals surface area contributed by atoms with E-state index in [1.807, 2.05) is 67.6 Å². The smallest absolute Gasteiger partial charge is 0.318 e. The highest BCUT2D eigenvalue weighted by atomic mass is 16.5. The summed E-state index contributed by atoms with van der Waals surface area (Å²) in [5.41, 5.74) is 5.16. The summed E-state index contributed by atoms with van der Waals surface area (Å²) in [5.74, 6) is -0.704. The van der Waals surface area contributed by atoms with Crippen molar-refractivity contribution in [3.63, 3.8) is 0 Å². The molecule has 0 saturated heterocycles. The van der Waals surface area contributed by atoms with Gasteiger partial charge in [-0.15, -0.1) is 0 Å². The molecule has 140 valence electrons. The molecule has 0 spiro atoms. The van der Waals surface area contributed by atoms with Gasteiger partial charge in [-0.3, -0.25) is 4.79 Å². The third-order valence-electron chi connectivity index (χ3n) is 5.14. The molecule has 1 unspecified atom stereocenters. The van der Waals surface area contributed by atoms with Gasteiger partial charge in [-0.2, -0.15) is 0 Å². The summed E-state index contributed by atoms with van der Waals surface area (Å²) < 4.78 is 7.69. The van der Waals surface area contributed by atoms with Crippen LogP contribution in [0.4, 0.5) is 0 Å². The fraction of sp³-hybridized carbons (Fsp3) is 0.160. The van der Waals surface area contributed by atoms with E-state index in [-0.39, 0.29) is 5.97 Å². The van der Waals surface area contributed by atoms with Crippen LogP contribution in [-0.4, -0.2) is 17.1 Å². The number of para-hydroxylation sites is 1. The molecule has 3 aromatic carbocycles. The van der Waals surface area contributed by atoms with Crippen molar-refractivity contribution in [1.29, 1.82) is 0 Å². The van der Waals surface area contributed by atoms with Gasteiger partial charge in [0, 0.05) is 23.5 Å². The number of hydrogen-bond donors (Lipinski definition) is 0. The molecule has 1 heterocycles. The number of hydrogen-bond acceptors (Lipinski definition) is 2. The summed E-state index contributed by atoms with van der Waals surface area (Å²) >= 11 is 0. The molecule has 28 heavy (non-hydrogen) atoms. The lowest BCUT2D eigenvalue weighted by molar-refractivity contribution is -0.143. The van der Waals surface area contributed by atoms with Crippen molar-refractivity contribution in [3.05, 3.63) is 96.1 Å². The monoisotopic (exact) mass is 369 g/mol. The number of rotatable bonds is 5. The highest BCUT2D eigenvalue weighted by molar-refractivity contribution is 5.98. The molecule has 0 saturated carbocycles. The van der Waals surface area contributed by atoms with Crippen LogP contribution < -0.4 is 0 Å². The number of nitrogens with zero attached hydrogens (tertiary/aromatic N) is 1. The van der Waals surface area contributed by atoms with E-state index >= 15 is 0 Å². The van der Waals surface area contributed by atoms with Gasteiger partial charge in [-0.1, -0.05) is 78.9 Å². The number of aryl methyl sites for hydroxylation is 1. The summed E-state index contributed by atoms with van der Waals surface area (Å²) in [6.07, 6.45) is 0. The zero-order valence-corrected chi connectivity index (χ0v) is 16.1. The fourth-order valence-corrected chi connectivity index (χ4v) is 3.95. The lowest BCUT2D eigenvalue weighted by atomic mass is 9.87. The van der Waals surface area contributed by atoms with Crippen molar-refractivity contribution < 1.29 is 9.53 Å². The van der Waals surface area contributed by atoms with Crippen LogP contribution in [0.2, 0.25) is 0 Å². The van der Waals surface area contributed by atoms with Gasteiger partial charge in [0.15, 0.2) is 0 Å². The number of ether oxygens (including phenoxy) is 1. The van der Waals surface area contributed by atoms with Gasteiger partial charge in [0.2, 0.25) is 0 Å². The average Bonchev–Trinajstić information content (AvgIpc) is 3.03. The topological polar surface area (TPSA) is 31.2 Å². The van der Waals surface area contributed by atoms with E-state index in [0.717, 1.165) is 33.3 Å². The predicted molar refractivity (Wildman–Crippen MR) is 113 cm³/mol. The Kier molecular flexibility index (Phi) is 4.98. The van der Waals surface area contributed by atoms with Crippen LogP contribution in [0.3, 0.4) is 0 Å². The lowest BCUT2D eigenvalue weighted by Crippen LogP contribution is -2.18. The van der Waals surface area contributed by atoms with E-state index in [2.05, 4.69) is 35.9 Å². The van der Waals surface area contributed by atoms with Gasteiger partial charge in [0.05, 0.1) is 12.3 Å². The van der Waals surface area contributed by atoms with Gasteiger partial charge in [0.25, 0.3) is 0 Å². The Balaban J connectivity index is 2.06. The van der Waals surface area contributed by atoms with Gasteiger partial charge >= 0.3 is 5.97 Å². The van der Waals surface area contributed by atoms with Gasteiger partial charge < -0.3 is 9.30 Å². The first-order valence-electron chi connectivity index (χ1n) is 9.56. The van der Waals surface area contributed by atoms with Crippen LogP contribution in [0, 0.1) is 0 Å². The van der Waals surface area contributed by atoms with E-state index < -0.39 is 5.92 Å². The highest BCUT2D eigenvalue weighted by Gasteiger charge is 2.31. The standard InChI is InChI=1S/C25H23NO2/c1-3-28-25(27)22(18-12-6-4-7-13-18)23-20-16-10-11-17-21(20)26(2)24(23)19-14-8-5-9-15-19/h4-17,22H,3H2,1-2H3. The molecule has 1 atom stereocenters. The second-order valence-electron chi connectivity index (χ2n) is 6.80. The van der Waals surface area contributed by atoms with Crippen LogP contribution in [0.5, 0.6) is 0 Å². The van der Waals surface area contributed by atoms with Gasteiger partial charge in [0.1, 0.15) is 5.92 Å². The number of aromatic nitrogens is 1. The molecule has 0 bridgehead atoms. The van der Waals surface area contributed by atoms with Crippen molar-refractivity contribution in [3.8, 4) is 11.3 Å². The Morgan fingerprint density at radius 2 is 1.50 bits per heavy atom. The first-order valence-corrected chi connectivity index (χ1v) is 9.56. The summed E-state index contributed by atoms with van der Waals surface area (Å²) in [4.78, 5) is 13.1. The molecular weight excluding hydrogens is 346 g/mol. The molecule has 0 fully saturated rings. The third kappa shape index (κ3) is 3.09. The summed E-state index contributed by atoms with van der Waals surface area (Å²) in [5, 5.41) is 1.07. The molecule has 0 amide bonds. The maximum absolute atomic E-state index is 13.1. The molecule has 0 aliphatic carbocycles. The van der Waals surface area contributed by atoms with Crippen LogP contribution in [0.1, 0.15) is 24.0 Å². The SMILES string of the molecule is CCOC(=O)C(c1ccccc1)c1c(-c2ccccc2)n(C)c2ccccc12. The molecule has 1 aromatic heterocycles. The highest BCUT2D eigenvalue weighted by Crippen LogP contribution is 2.41. The van der Waals surface area contributed by atoms with E-state index in [9.17, 15) is 4.79 Å². The second-order valence-corrected chi connectivity index (χ2v) is 6.80. The number of carbonyl (C=O) groups excluding carboxylic acids is 1. The maximum atomic E-state index is 13.1. The van der Waals surface area contributed by atoms with Crippen LogP contribution in [0.25, 0.3) is 22.2 Å². The molecule has 0 radical (unpaired) electrons. The number of fused-ring (bicyclic) bond motifs is 1. The quantitative estimate of drug-likeness (QED) is 0.433. The Labute approximate surface area is 165 Å². The fourth-order valence-electron chi connectivity index (χ4n) is 3.95. The second kappa shape index (κ2) is 7.73. The van der Waals surface area contributed by atoms with Crippen LogP contribution in [0.15, 0.2) is 84.9 Å². The van der Waals surface area contributed by atoms with Crippen molar-refractivity contribution >= 4 is 16.9 Å². The minimum absolute atomic E-state index is 0.220. The zero-order valence-electron chi connectivity index (χ0n) is 16.1. The van der Waals surface area contributed by atoms with Crippen molar-refractivity contribution in [2.45, 2.75) is 12.8 Å². The minimum Gasteiger partial charge on any atom is -0.465 e.